The Morgan fingerprint density at radius 2 is 0.956 bits per heavy atom. The molecule has 0 amide bonds. The summed E-state index contributed by atoms with van der Waals surface area (Å²) in [6.07, 6.45) is 25.2. The average Bonchev–Trinajstić information content (AvgIpc) is 1.73. The molecule has 7 heterocycles. The minimum absolute atomic E-state index is 0.00242. The van der Waals surface area contributed by atoms with E-state index in [1.54, 1.807) is 0 Å². The molecule has 5 aliphatic rings. The third-order valence-electron chi connectivity index (χ3n) is 20.2. The highest BCUT2D eigenvalue weighted by atomic mass is 15.2. The van der Waals surface area contributed by atoms with Crippen molar-refractivity contribution in [3.8, 4) is 34.1 Å². The normalized spacial score (nSPS) is 17.9. The summed E-state index contributed by atoms with van der Waals surface area (Å²) in [6, 6.07) is 88.0. The smallest absolute Gasteiger partial charge is 0.138 e. The van der Waals surface area contributed by atoms with E-state index in [1.807, 2.05) is 0 Å². The van der Waals surface area contributed by atoms with Crippen molar-refractivity contribution in [3.63, 3.8) is 0 Å². The Bertz CT molecular complexity index is 5710. The number of pyridine rings is 1. The third kappa shape index (κ3) is 6.91. The molecule has 3 aliphatic carbocycles. The molecule has 4 unspecified atom stereocenters. The van der Waals surface area contributed by atoms with Crippen LogP contribution in [-0.4, -0.2) is 35.3 Å². The van der Waals surface area contributed by atoms with Crippen LogP contribution in [0.1, 0.15) is 40.6 Å². The topological polar surface area (TPSA) is 39.1 Å². The van der Waals surface area contributed by atoms with Crippen LogP contribution < -0.4 is 9.80 Å². The zero-order valence-electron chi connectivity index (χ0n) is 49.1. The van der Waals surface area contributed by atoms with Gasteiger partial charge >= 0.3 is 0 Å². The van der Waals surface area contributed by atoms with Crippen LogP contribution in [0.5, 0.6) is 0 Å². The first-order chi connectivity index (χ1) is 44.7. The molecule has 7 heteroatoms. The van der Waals surface area contributed by atoms with Gasteiger partial charge in [-0.1, -0.05) is 194 Å². The lowest BCUT2D eigenvalue weighted by molar-refractivity contribution is 0.745. The Hall–Kier alpha value is -11.4. The highest BCUT2D eigenvalue weighted by molar-refractivity contribution is 6.26. The van der Waals surface area contributed by atoms with Gasteiger partial charge in [-0.05, 0) is 122 Å². The lowest BCUT2D eigenvalue weighted by Gasteiger charge is -2.29. The lowest BCUT2D eigenvalue weighted by atomic mass is 9.90. The fraction of sp³-hybridized carbons (Fsp3) is 0.0723. The van der Waals surface area contributed by atoms with Crippen molar-refractivity contribution in [3.05, 3.63) is 314 Å². The molecule has 7 nitrogen and oxygen atoms in total. The first-order valence-corrected chi connectivity index (χ1v) is 31.7. The molecule has 0 spiro atoms. The van der Waals surface area contributed by atoms with Crippen LogP contribution in [-0.2, 0) is 6.42 Å². The minimum Gasteiger partial charge on any atom is -0.333 e. The predicted octanol–water partition coefficient (Wildman–Crippen LogP) is 20.4. The summed E-state index contributed by atoms with van der Waals surface area (Å²) in [7, 11) is 0. The maximum Gasteiger partial charge on any atom is 0.138 e. The van der Waals surface area contributed by atoms with Gasteiger partial charge in [-0.3, -0.25) is 4.57 Å². The molecule has 0 fully saturated rings. The zero-order chi connectivity index (χ0) is 58.7. The van der Waals surface area contributed by atoms with E-state index in [9.17, 15) is 0 Å². The second-order valence-electron chi connectivity index (χ2n) is 24.8. The fourth-order valence-electron chi connectivity index (χ4n) is 16.7. The van der Waals surface area contributed by atoms with Gasteiger partial charge in [-0.25, -0.2) is 4.98 Å². The molecule has 90 heavy (non-hydrogen) atoms. The quantitative estimate of drug-likeness (QED) is 0.160. The number of aromatic nitrogens is 5. The number of hydrogen-bond acceptors (Lipinski definition) is 3. The highest BCUT2D eigenvalue weighted by Gasteiger charge is 2.42. The molecule has 2 aliphatic heterocycles. The molecule has 0 radical (unpaired) electrons. The molecule has 0 saturated heterocycles. The van der Waals surface area contributed by atoms with E-state index in [0.717, 1.165) is 63.7 Å². The van der Waals surface area contributed by atoms with Gasteiger partial charge in [0.05, 0.1) is 62.1 Å². The largest absolute Gasteiger partial charge is 0.333 e. The predicted molar refractivity (Wildman–Crippen MR) is 374 cm³/mol. The van der Waals surface area contributed by atoms with Gasteiger partial charge in [0.1, 0.15) is 5.82 Å². The third-order valence-corrected chi connectivity index (χ3v) is 20.2. The van der Waals surface area contributed by atoms with Gasteiger partial charge in [0, 0.05) is 106 Å². The number of nitrogens with zero attached hydrogens (tertiary/aromatic N) is 7. The van der Waals surface area contributed by atoms with E-state index in [0.29, 0.717) is 0 Å². The summed E-state index contributed by atoms with van der Waals surface area (Å²) in [4.78, 5) is 11.1. The monoisotopic (exact) mass is 1150 g/mol. The Labute approximate surface area is 519 Å². The van der Waals surface area contributed by atoms with Crippen molar-refractivity contribution >= 4 is 105 Å². The fourth-order valence-corrected chi connectivity index (χ4v) is 16.7. The van der Waals surface area contributed by atoms with E-state index >= 15 is 0 Å². The number of hydrogen-bond donors (Lipinski definition) is 0. The van der Waals surface area contributed by atoms with Gasteiger partial charge < -0.3 is 23.5 Å². The Morgan fingerprint density at radius 1 is 0.378 bits per heavy atom. The Kier molecular flexibility index (Phi) is 10.5. The van der Waals surface area contributed by atoms with Crippen LogP contribution in [0.3, 0.4) is 0 Å². The first kappa shape index (κ1) is 49.7. The number of benzene rings is 10. The zero-order valence-corrected chi connectivity index (χ0v) is 49.1. The molecule has 0 bridgehead atoms. The first-order valence-electron chi connectivity index (χ1n) is 31.7. The molecule has 5 aromatic heterocycles. The van der Waals surface area contributed by atoms with E-state index in [2.05, 4.69) is 325 Å². The van der Waals surface area contributed by atoms with Crippen LogP contribution >= 0.6 is 0 Å². The van der Waals surface area contributed by atoms with Crippen LogP contribution in [0.15, 0.2) is 291 Å². The standard InChI is InChI=1S/C83H57N7/c1-4-23-53(24-5-1)87-68-36-16-10-29-58(68)61-43-46-74-78(81(61)87)64-32-13-19-39-71(64)85(74)56-49-52(50-57(51-56)86-72-40-20-14-33-65(72)79-75(86)47-44-62-59-30-11-17-37-69(59)88(82(62)79)54-25-6-2-7-26-54)67-35-22-42-77(84-67)90-73-41-21-15-34-66(73)80-76(90)48-45-63-60-31-12-18-38-70(60)89(83(63)80)55-27-8-3-9-28-55/h1-20,22-40,42-51,60,64,70-71H,21,41H2. The summed E-state index contributed by atoms with van der Waals surface area (Å²) in [5, 5.41) is 8.70. The molecule has 20 rings (SSSR count). The number of allylic oxidation sites excluding steroid dienone is 5. The van der Waals surface area contributed by atoms with Crippen LogP contribution in [0.4, 0.5) is 22.7 Å². The summed E-state index contributed by atoms with van der Waals surface area (Å²) in [5.41, 5.74) is 23.7. The number of para-hydroxylation sites is 6. The average molecular weight is 1150 g/mol. The van der Waals surface area contributed by atoms with E-state index in [4.69, 9.17) is 4.98 Å². The maximum absolute atomic E-state index is 5.89. The summed E-state index contributed by atoms with van der Waals surface area (Å²) >= 11 is 0. The highest BCUT2D eigenvalue weighted by Crippen LogP contribution is 2.56. The minimum atomic E-state index is -0.00242. The molecule has 15 aromatic rings. The number of fused-ring (bicyclic) bond motifs is 21. The Morgan fingerprint density at radius 3 is 1.69 bits per heavy atom. The van der Waals surface area contributed by atoms with Crippen molar-refractivity contribution in [1.82, 2.24) is 23.3 Å². The van der Waals surface area contributed by atoms with E-state index in [-0.39, 0.29) is 23.9 Å². The van der Waals surface area contributed by atoms with Crippen molar-refractivity contribution in [2.45, 2.75) is 36.8 Å². The van der Waals surface area contributed by atoms with Crippen LogP contribution in [0.25, 0.3) is 117 Å². The second-order valence-corrected chi connectivity index (χ2v) is 24.8. The molecular weight excluding hydrogens is 1090 g/mol. The molecule has 0 N–H and O–H groups in total. The van der Waals surface area contributed by atoms with Crippen molar-refractivity contribution in [2.75, 3.05) is 9.80 Å². The summed E-state index contributed by atoms with van der Waals surface area (Å²) in [6.45, 7) is 0. The molecule has 10 aromatic carbocycles. The molecule has 4 atom stereocenters. The molecule has 424 valence electrons. The van der Waals surface area contributed by atoms with Gasteiger partial charge in [0.25, 0.3) is 0 Å². The Balaban J connectivity index is 0.847. The van der Waals surface area contributed by atoms with Gasteiger partial charge in [0.2, 0.25) is 0 Å². The van der Waals surface area contributed by atoms with E-state index < -0.39 is 0 Å². The van der Waals surface area contributed by atoms with Gasteiger partial charge in [0.15, 0.2) is 0 Å². The maximum atomic E-state index is 5.89. The summed E-state index contributed by atoms with van der Waals surface area (Å²) in [5.74, 6) is 1.24. The van der Waals surface area contributed by atoms with Crippen LogP contribution in [0.2, 0.25) is 0 Å². The van der Waals surface area contributed by atoms with Gasteiger partial charge in [-0.15, -0.1) is 0 Å². The second kappa shape index (κ2) is 19.0. The van der Waals surface area contributed by atoms with Crippen LogP contribution in [0, 0.1) is 0 Å². The van der Waals surface area contributed by atoms with Crippen molar-refractivity contribution in [2.24, 2.45) is 0 Å². The molecular formula is C83H57N7. The lowest BCUT2D eigenvalue weighted by Crippen LogP contribution is -2.28. The van der Waals surface area contributed by atoms with Gasteiger partial charge in [-0.2, -0.15) is 0 Å². The number of rotatable bonds is 7. The number of anilines is 4. The van der Waals surface area contributed by atoms with Crippen molar-refractivity contribution in [1.29, 1.82) is 0 Å². The SMILES string of the molecule is C1=CC2c3c(ccc4c5ccccc5n(-c5ccccc5)c34)N(c3cc(-c4cccc(-n5c6c(c7c8c(ccc75)C5C=CC=CC5N8c5ccccc5)C=CCC6)n4)cc(-n4c5ccccc5c5c4ccc4c6ccccc6n(-c6ccccc6)c45)c3)C2C=C1. The van der Waals surface area contributed by atoms with E-state index in [1.165, 1.54) is 105 Å². The molecule has 0 saturated carbocycles. The summed E-state index contributed by atoms with van der Waals surface area (Å²) < 4.78 is 10.0. The van der Waals surface area contributed by atoms with Crippen molar-refractivity contribution < 1.29 is 0 Å².